The minimum Gasteiger partial charge on any atom is -0.481 e. The average Bonchev–Trinajstić information content (AvgIpc) is 2.53. The van der Waals surface area contributed by atoms with Gasteiger partial charge in [-0.05, 0) is 49.2 Å². The first kappa shape index (κ1) is 15.1. The zero-order valence-electron chi connectivity index (χ0n) is 13.3. The first-order valence-corrected chi connectivity index (χ1v) is 7.38. The molecule has 0 bridgehead atoms. The lowest BCUT2D eigenvalue weighted by molar-refractivity contribution is -0.120. The molecule has 23 heavy (non-hydrogen) atoms. The zero-order chi connectivity index (χ0) is 16.6. The van der Waals surface area contributed by atoms with Crippen LogP contribution in [0.5, 0.6) is 5.75 Å². The molecule has 1 aliphatic heterocycles. The van der Waals surface area contributed by atoms with Crippen LogP contribution in [0.1, 0.15) is 21.5 Å². The Balaban J connectivity index is 1.82. The van der Waals surface area contributed by atoms with Crippen LogP contribution in [0.3, 0.4) is 0 Å². The number of ether oxygens (including phenoxy) is 1. The molecule has 0 unspecified atom stereocenters. The lowest BCUT2D eigenvalue weighted by Gasteiger charge is -2.26. The maximum Gasteiger partial charge on any atom is 0.264 e. The lowest BCUT2D eigenvalue weighted by Crippen LogP contribution is -2.35. The Morgan fingerprint density at radius 1 is 1.13 bits per heavy atom. The highest BCUT2D eigenvalue weighted by atomic mass is 16.5. The number of nitrogens with zero attached hydrogens (tertiary/aromatic N) is 1. The molecule has 2 aromatic carbocycles. The molecule has 1 N–H and O–H groups in total. The number of hydrogen-bond donors (Lipinski definition) is 1. The van der Waals surface area contributed by atoms with Crippen molar-refractivity contribution >= 4 is 23.2 Å². The molecule has 5 heteroatoms. The first-order valence-electron chi connectivity index (χ1n) is 7.38. The van der Waals surface area contributed by atoms with Crippen LogP contribution in [0.15, 0.2) is 36.4 Å². The third-order valence-corrected chi connectivity index (χ3v) is 4.07. The molecule has 1 heterocycles. The Kier molecular flexibility index (Phi) is 3.78. The van der Waals surface area contributed by atoms with E-state index in [9.17, 15) is 9.59 Å². The second kappa shape index (κ2) is 5.76. The van der Waals surface area contributed by atoms with E-state index in [1.165, 1.54) is 0 Å². The second-order valence-electron chi connectivity index (χ2n) is 5.68. The summed E-state index contributed by atoms with van der Waals surface area (Å²) in [6.45, 7) is 4.00. The fraction of sp³-hybridized carbons (Fsp3) is 0.222. The van der Waals surface area contributed by atoms with E-state index < -0.39 is 0 Å². The smallest absolute Gasteiger partial charge is 0.264 e. The van der Waals surface area contributed by atoms with Gasteiger partial charge in [0, 0.05) is 24.4 Å². The number of amides is 2. The van der Waals surface area contributed by atoms with Crippen LogP contribution in [0, 0.1) is 13.8 Å². The molecular weight excluding hydrogens is 292 g/mol. The number of rotatable bonds is 2. The number of hydrogen-bond acceptors (Lipinski definition) is 3. The van der Waals surface area contributed by atoms with Gasteiger partial charge in [0.2, 0.25) is 0 Å². The molecule has 2 amide bonds. The topological polar surface area (TPSA) is 58.6 Å². The van der Waals surface area contributed by atoms with Crippen molar-refractivity contribution in [2.24, 2.45) is 0 Å². The molecule has 0 aromatic heterocycles. The van der Waals surface area contributed by atoms with E-state index in [0.717, 1.165) is 11.1 Å². The molecular formula is C18H18N2O3. The molecule has 0 spiro atoms. The molecule has 1 aliphatic rings. The summed E-state index contributed by atoms with van der Waals surface area (Å²) < 4.78 is 5.43. The van der Waals surface area contributed by atoms with Gasteiger partial charge in [-0.25, -0.2) is 0 Å². The minimum absolute atomic E-state index is 0.0120. The predicted molar refractivity (Wildman–Crippen MR) is 89.2 cm³/mol. The van der Waals surface area contributed by atoms with Crippen molar-refractivity contribution in [3.05, 3.63) is 53.1 Å². The summed E-state index contributed by atoms with van der Waals surface area (Å²) in [6.07, 6.45) is 0. The summed E-state index contributed by atoms with van der Waals surface area (Å²) in [4.78, 5) is 25.5. The van der Waals surface area contributed by atoms with Gasteiger partial charge >= 0.3 is 0 Å². The standard InChI is InChI=1S/C18H18N2O3/c1-11-4-5-13(8-12(11)2)18(22)19-14-6-7-15-16(9-14)23-10-17(21)20(15)3/h4-9H,10H2,1-3H3,(H,19,22). The Morgan fingerprint density at radius 3 is 2.65 bits per heavy atom. The van der Waals surface area contributed by atoms with Crippen LogP contribution in [0.4, 0.5) is 11.4 Å². The van der Waals surface area contributed by atoms with Gasteiger partial charge in [0.15, 0.2) is 6.61 Å². The van der Waals surface area contributed by atoms with Gasteiger partial charge in [0.25, 0.3) is 11.8 Å². The van der Waals surface area contributed by atoms with Gasteiger partial charge in [-0.3, -0.25) is 9.59 Å². The number of carbonyl (C=O) groups excluding carboxylic acids is 2. The molecule has 0 radical (unpaired) electrons. The van der Waals surface area contributed by atoms with E-state index in [0.29, 0.717) is 22.7 Å². The van der Waals surface area contributed by atoms with Gasteiger partial charge in [-0.2, -0.15) is 0 Å². The maximum absolute atomic E-state index is 12.3. The van der Waals surface area contributed by atoms with Crippen LogP contribution in [-0.2, 0) is 4.79 Å². The number of anilines is 2. The molecule has 0 atom stereocenters. The van der Waals surface area contributed by atoms with Crippen LogP contribution < -0.4 is 15.0 Å². The van der Waals surface area contributed by atoms with E-state index in [2.05, 4.69) is 5.32 Å². The fourth-order valence-electron chi connectivity index (χ4n) is 2.44. The molecule has 118 valence electrons. The van der Waals surface area contributed by atoms with Crippen molar-refractivity contribution in [1.82, 2.24) is 0 Å². The van der Waals surface area contributed by atoms with Crippen molar-refractivity contribution in [2.75, 3.05) is 23.9 Å². The Bertz CT molecular complexity index is 799. The zero-order valence-corrected chi connectivity index (χ0v) is 13.3. The van der Waals surface area contributed by atoms with Crippen molar-refractivity contribution in [3.8, 4) is 5.75 Å². The number of likely N-dealkylation sites (N-methyl/N-ethyl adjacent to an activating group) is 1. The highest BCUT2D eigenvalue weighted by Gasteiger charge is 2.22. The summed E-state index contributed by atoms with van der Waals surface area (Å²) in [7, 11) is 1.71. The normalized spacial score (nSPS) is 13.3. The average molecular weight is 310 g/mol. The molecule has 2 aromatic rings. The maximum atomic E-state index is 12.3. The highest BCUT2D eigenvalue weighted by Crippen LogP contribution is 2.33. The van der Waals surface area contributed by atoms with Crippen LogP contribution in [-0.4, -0.2) is 25.5 Å². The Morgan fingerprint density at radius 2 is 1.91 bits per heavy atom. The monoisotopic (exact) mass is 310 g/mol. The van der Waals surface area contributed by atoms with Crippen LogP contribution in [0.25, 0.3) is 0 Å². The molecule has 0 saturated heterocycles. The quantitative estimate of drug-likeness (QED) is 0.928. The van der Waals surface area contributed by atoms with E-state index in [-0.39, 0.29) is 18.4 Å². The molecule has 0 fully saturated rings. The number of aryl methyl sites for hydroxylation is 2. The van der Waals surface area contributed by atoms with E-state index in [1.54, 1.807) is 36.2 Å². The summed E-state index contributed by atoms with van der Waals surface area (Å²) in [6, 6.07) is 10.9. The summed E-state index contributed by atoms with van der Waals surface area (Å²) in [5.74, 6) is 0.322. The fourth-order valence-corrected chi connectivity index (χ4v) is 2.44. The second-order valence-corrected chi connectivity index (χ2v) is 5.68. The van der Waals surface area contributed by atoms with Crippen molar-refractivity contribution in [1.29, 1.82) is 0 Å². The van der Waals surface area contributed by atoms with Crippen molar-refractivity contribution < 1.29 is 14.3 Å². The first-order chi connectivity index (χ1) is 11.0. The van der Waals surface area contributed by atoms with Gasteiger partial charge in [0.05, 0.1) is 5.69 Å². The van der Waals surface area contributed by atoms with Gasteiger partial charge in [-0.15, -0.1) is 0 Å². The van der Waals surface area contributed by atoms with Gasteiger partial charge < -0.3 is 15.0 Å². The number of carbonyl (C=O) groups is 2. The number of fused-ring (bicyclic) bond motifs is 1. The van der Waals surface area contributed by atoms with Crippen molar-refractivity contribution in [2.45, 2.75) is 13.8 Å². The highest BCUT2D eigenvalue weighted by molar-refractivity contribution is 6.05. The van der Waals surface area contributed by atoms with Crippen LogP contribution >= 0.6 is 0 Å². The Hall–Kier alpha value is -2.82. The predicted octanol–water partition coefficient (Wildman–Crippen LogP) is 2.91. The molecule has 5 nitrogen and oxygen atoms in total. The van der Waals surface area contributed by atoms with E-state index in [4.69, 9.17) is 4.74 Å². The third-order valence-electron chi connectivity index (χ3n) is 4.07. The minimum atomic E-state index is -0.173. The van der Waals surface area contributed by atoms with Crippen LogP contribution in [0.2, 0.25) is 0 Å². The Labute approximate surface area is 134 Å². The summed E-state index contributed by atoms with van der Waals surface area (Å²) in [5, 5.41) is 2.86. The number of benzene rings is 2. The number of nitrogens with one attached hydrogen (secondary N) is 1. The SMILES string of the molecule is Cc1ccc(C(=O)Nc2ccc3c(c2)OCC(=O)N3C)cc1C. The summed E-state index contributed by atoms with van der Waals surface area (Å²) >= 11 is 0. The summed E-state index contributed by atoms with van der Waals surface area (Å²) in [5.41, 5.74) is 4.17. The van der Waals surface area contributed by atoms with Gasteiger partial charge in [0.1, 0.15) is 5.75 Å². The van der Waals surface area contributed by atoms with E-state index in [1.807, 2.05) is 26.0 Å². The third kappa shape index (κ3) is 2.90. The molecule has 0 aliphatic carbocycles. The molecule has 3 rings (SSSR count). The van der Waals surface area contributed by atoms with E-state index >= 15 is 0 Å². The molecule has 0 saturated carbocycles. The van der Waals surface area contributed by atoms with Gasteiger partial charge in [-0.1, -0.05) is 6.07 Å². The van der Waals surface area contributed by atoms with Crippen molar-refractivity contribution in [3.63, 3.8) is 0 Å². The largest absolute Gasteiger partial charge is 0.481 e. The lowest BCUT2D eigenvalue weighted by atomic mass is 10.1.